The highest BCUT2D eigenvalue weighted by atomic mass is 35.5. The molecular formula is C25H31ClN4O3. The summed E-state index contributed by atoms with van der Waals surface area (Å²) in [6, 6.07) is 1.86. The SMILES string of the molecule is CC1(C(=O)C[C@@H]2CCC[C@H](C(=O)Nc3cc(-c4cnn5c4CCCC5)c(Cl)cn3)C2)COC1. The summed E-state index contributed by atoms with van der Waals surface area (Å²) in [5.41, 5.74) is 2.74. The maximum Gasteiger partial charge on any atom is 0.228 e. The summed E-state index contributed by atoms with van der Waals surface area (Å²) in [6.07, 6.45) is 10.8. The predicted octanol–water partition coefficient (Wildman–Crippen LogP) is 4.68. The lowest BCUT2D eigenvalue weighted by Crippen LogP contribution is -2.47. The third-order valence-electron chi connectivity index (χ3n) is 7.52. The Kier molecular flexibility index (Phi) is 6.27. The number of ketones is 1. The number of aryl methyl sites for hydroxylation is 1. The van der Waals surface area contributed by atoms with Gasteiger partial charge in [-0.3, -0.25) is 14.3 Å². The summed E-state index contributed by atoms with van der Waals surface area (Å²) in [5, 5.41) is 8.07. The third-order valence-corrected chi connectivity index (χ3v) is 7.82. The summed E-state index contributed by atoms with van der Waals surface area (Å²) in [5.74, 6) is 0.905. The van der Waals surface area contributed by atoms with Crippen LogP contribution in [-0.4, -0.2) is 39.7 Å². The van der Waals surface area contributed by atoms with Crippen LogP contribution in [0.2, 0.25) is 5.02 Å². The number of fused-ring (bicyclic) bond motifs is 1. The standard InChI is InChI=1S/C25H31ClN4O3/c1-25(14-33-15-25)22(31)10-16-5-4-6-17(9-16)24(32)29-23-11-18(20(26)13-27-23)19-12-28-30-8-3-2-7-21(19)30/h11-13,16-17H,2-10,14-15H2,1H3,(H,27,29,32)/t16-,17+/m1/s1. The molecular weight excluding hydrogens is 440 g/mol. The van der Waals surface area contributed by atoms with Crippen molar-refractivity contribution in [1.82, 2.24) is 14.8 Å². The van der Waals surface area contributed by atoms with Crippen molar-refractivity contribution in [1.29, 1.82) is 0 Å². The van der Waals surface area contributed by atoms with Gasteiger partial charge in [-0.2, -0.15) is 5.10 Å². The number of anilines is 1. The van der Waals surface area contributed by atoms with Crippen LogP contribution in [0, 0.1) is 17.3 Å². The summed E-state index contributed by atoms with van der Waals surface area (Å²) in [7, 11) is 0. The number of nitrogens with one attached hydrogen (secondary N) is 1. The fourth-order valence-electron chi connectivity index (χ4n) is 5.38. The van der Waals surface area contributed by atoms with Crippen LogP contribution >= 0.6 is 11.6 Å². The number of Topliss-reactive ketones (excluding diaryl/α,β-unsaturated/α-hetero) is 1. The zero-order valence-corrected chi connectivity index (χ0v) is 19.9. The molecule has 0 aromatic carbocycles. The van der Waals surface area contributed by atoms with Gasteiger partial charge in [0.2, 0.25) is 5.91 Å². The van der Waals surface area contributed by atoms with E-state index in [1.807, 2.05) is 23.9 Å². The molecule has 5 rings (SSSR count). The van der Waals surface area contributed by atoms with Gasteiger partial charge in [-0.25, -0.2) is 4.98 Å². The quantitative estimate of drug-likeness (QED) is 0.662. The Hall–Kier alpha value is -2.25. The Morgan fingerprint density at radius 1 is 1.21 bits per heavy atom. The molecule has 1 aliphatic carbocycles. The first-order valence-corrected chi connectivity index (χ1v) is 12.4. The van der Waals surface area contributed by atoms with E-state index in [9.17, 15) is 9.59 Å². The number of pyridine rings is 1. The van der Waals surface area contributed by atoms with E-state index in [-0.39, 0.29) is 28.9 Å². The highest BCUT2D eigenvalue weighted by Gasteiger charge is 2.42. The van der Waals surface area contributed by atoms with Gasteiger partial charge in [0.05, 0.1) is 29.8 Å². The summed E-state index contributed by atoms with van der Waals surface area (Å²) < 4.78 is 7.29. The molecule has 0 radical (unpaired) electrons. The van der Waals surface area contributed by atoms with Crippen LogP contribution in [0.4, 0.5) is 5.82 Å². The number of aromatic nitrogens is 3. The average Bonchev–Trinajstić information content (AvgIpc) is 3.23. The Labute approximate surface area is 199 Å². The van der Waals surface area contributed by atoms with E-state index in [4.69, 9.17) is 16.3 Å². The number of hydrogen-bond donors (Lipinski definition) is 1. The van der Waals surface area contributed by atoms with Gasteiger partial charge in [0.25, 0.3) is 0 Å². The van der Waals surface area contributed by atoms with Gasteiger partial charge in [0.15, 0.2) is 0 Å². The molecule has 0 spiro atoms. The van der Waals surface area contributed by atoms with Crippen molar-refractivity contribution in [2.24, 2.45) is 17.3 Å². The van der Waals surface area contributed by atoms with Gasteiger partial charge >= 0.3 is 0 Å². The Morgan fingerprint density at radius 3 is 2.85 bits per heavy atom. The van der Waals surface area contributed by atoms with E-state index in [1.165, 1.54) is 5.69 Å². The number of halogens is 1. The van der Waals surface area contributed by atoms with Gasteiger partial charge in [0, 0.05) is 41.9 Å². The number of amides is 1. The van der Waals surface area contributed by atoms with E-state index >= 15 is 0 Å². The van der Waals surface area contributed by atoms with Crippen LogP contribution in [-0.2, 0) is 27.3 Å². The molecule has 2 atom stereocenters. The molecule has 0 unspecified atom stereocenters. The zero-order chi connectivity index (χ0) is 23.0. The first kappa shape index (κ1) is 22.5. The molecule has 1 saturated carbocycles. The van der Waals surface area contributed by atoms with Crippen molar-refractivity contribution in [2.45, 2.75) is 64.8 Å². The highest BCUT2D eigenvalue weighted by Crippen LogP contribution is 2.37. The molecule has 1 N–H and O–H groups in total. The fraction of sp³-hybridized carbons (Fsp3) is 0.600. The van der Waals surface area contributed by atoms with Crippen LogP contribution in [0.1, 0.15) is 57.6 Å². The summed E-state index contributed by atoms with van der Waals surface area (Å²) in [6.45, 7) is 3.95. The largest absolute Gasteiger partial charge is 0.379 e. The lowest BCUT2D eigenvalue weighted by Gasteiger charge is -2.38. The van der Waals surface area contributed by atoms with Crippen molar-refractivity contribution in [3.8, 4) is 11.1 Å². The maximum atomic E-state index is 13.1. The normalized spacial score (nSPS) is 23.9. The molecule has 7 nitrogen and oxygen atoms in total. The number of carbonyl (C=O) groups excluding carboxylic acids is 2. The molecule has 8 heteroatoms. The summed E-state index contributed by atoms with van der Waals surface area (Å²) >= 11 is 6.48. The second-order valence-electron chi connectivity index (χ2n) is 10.1. The molecule has 1 amide bonds. The molecule has 4 heterocycles. The number of rotatable bonds is 6. The van der Waals surface area contributed by atoms with E-state index < -0.39 is 0 Å². The lowest BCUT2D eigenvalue weighted by molar-refractivity contribution is -0.156. The topological polar surface area (TPSA) is 86.1 Å². The van der Waals surface area contributed by atoms with E-state index in [0.717, 1.165) is 62.6 Å². The monoisotopic (exact) mass is 470 g/mol. The predicted molar refractivity (Wildman–Crippen MR) is 126 cm³/mol. The first-order chi connectivity index (χ1) is 15.9. The molecule has 2 fully saturated rings. The molecule has 176 valence electrons. The van der Waals surface area contributed by atoms with Crippen LogP contribution < -0.4 is 5.32 Å². The zero-order valence-electron chi connectivity index (χ0n) is 19.1. The fourth-order valence-corrected chi connectivity index (χ4v) is 5.59. The third kappa shape index (κ3) is 4.58. The number of nitrogens with zero attached hydrogens (tertiary/aromatic N) is 3. The van der Waals surface area contributed by atoms with Crippen LogP contribution in [0.15, 0.2) is 18.5 Å². The second-order valence-corrected chi connectivity index (χ2v) is 10.5. The van der Waals surface area contributed by atoms with Crippen LogP contribution in [0.3, 0.4) is 0 Å². The van der Waals surface area contributed by atoms with Crippen molar-refractivity contribution in [3.63, 3.8) is 0 Å². The molecule has 2 aromatic rings. The molecule has 2 aliphatic heterocycles. The molecule has 3 aliphatic rings. The van der Waals surface area contributed by atoms with Crippen molar-refractivity contribution in [2.75, 3.05) is 18.5 Å². The first-order valence-electron chi connectivity index (χ1n) is 12.1. The van der Waals surface area contributed by atoms with Gasteiger partial charge in [-0.15, -0.1) is 0 Å². The van der Waals surface area contributed by atoms with Crippen molar-refractivity contribution < 1.29 is 14.3 Å². The maximum absolute atomic E-state index is 13.1. The highest BCUT2D eigenvalue weighted by molar-refractivity contribution is 6.33. The van der Waals surface area contributed by atoms with Gasteiger partial charge < -0.3 is 10.1 Å². The second kappa shape index (κ2) is 9.18. The van der Waals surface area contributed by atoms with Gasteiger partial charge in [0.1, 0.15) is 11.6 Å². The van der Waals surface area contributed by atoms with Crippen LogP contribution in [0.5, 0.6) is 0 Å². The molecule has 0 bridgehead atoms. The molecule has 33 heavy (non-hydrogen) atoms. The minimum atomic E-state index is -0.327. The number of hydrogen-bond acceptors (Lipinski definition) is 5. The minimum Gasteiger partial charge on any atom is -0.379 e. The Morgan fingerprint density at radius 2 is 2.06 bits per heavy atom. The molecule has 2 aromatic heterocycles. The minimum absolute atomic E-state index is 0.0249. The number of carbonyl (C=O) groups is 2. The van der Waals surface area contributed by atoms with E-state index in [1.54, 1.807) is 6.20 Å². The van der Waals surface area contributed by atoms with Crippen molar-refractivity contribution in [3.05, 3.63) is 29.2 Å². The van der Waals surface area contributed by atoms with Crippen molar-refractivity contribution >= 4 is 29.1 Å². The molecule has 1 saturated heterocycles. The van der Waals surface area contributed by atoms with Gasteiger partial charge in [-0.05, 0) is 57.4 Å². The lowest BCUT2D eigenvalue weighted by atomic mass is 9.74. The van der Waals surface area contributed by atoms with Gasteiger partial charge in [-0.1, -0.05) is 18.0 Å². The van der Waals surface area contributed by atoms with Crippen LogP contribution in [0.25, 0.3) is 11.1 Å². The Balaban J connectivity index is 1.25. The van der Waals surface area contributed by atoms with E-state index in [2.05, 4.69) is 15.4 Å². The van der Waals surface area contributed by atoms with E-state index in [0.29, 0.717) is 30.5 Å². The number of ether oxygens (including phenoxy) is 1. The Bertz CT molecular complexity index is 1060. The average molecular weight is 471 g/mol. The summed E-state index contributed by atoms with van der Waals surface area (Å²) in [4.78, 5) is 30.1. The smallest absolute Gasteiger partial charge is 0.228 e.